The van der Waals surface area contributed by atoms with E-state index in [1.54, 1.807) is 36.9 Å². The number of benzene rings is 1. The molecule has 1 N–H and O–H groups in total. The average Bonchev–Trinajstić information content (AvgIpc) is 3.14. The SMILES string of the molecule is CN1CCOc2cc([N+]34C=CN=CC3=NC(Nc3ccc(OC(F)F)cc3)=N4)cnc21. The summed E-state index contributed by atoms with van der Waals surface area (Å²) in [6.07, 6.45) is 6.81. The molecule has 3 aliphatic heterocycles. The fraction of sp³-hybridized carbons (Fsp3) is 0.200. The topological polar surface area (TPSA) is 83.7 Å². The van der Waals surface area contributed by atoms with Gasteiger partial charge in [0.05, 0.1) is 25.0 Å². The smallest absolute Gasteiger partial charge is 0.387 e. The first-order valence-electron chi connectivity index (χ1n) is 9.49. The molecule has 0 fully saturated rings. The lowest BCUT2D eigenvalue weighted by Crippen LogP contribution is -2.44. The Hall–Kier alpha value is -3.86. The average molecular weight is 426 g/mol. The summed E-state index contributed by atoms with van der Waals surface area (Å²) in [5, 5.41) is 7.84. The van der Waals surface area contributed by atoms with Crippen molar-refractivity contribution in [2.45, 2.75) is 6.61 Å². The number of anilines is 2. The molecule has 1 aromatic heterocycles. The third-order valence-corrected chi connectivity index (χ3v) is 4.97. The first kappa shape index (κ1) is 19.1. The Morgan fingerprint density at radius 3 is 2.90 bits per heavy atom. The minimum atomic E-state index is -2.87. The maximum atomic E-state index is 12.3. The van der Waals surface area contributed by atoms with Crippen LogP contribution in [0.3, 0.4) is 0 Å². The van der Waals surface area contributed by atoms with Gasteiger partial charge in [0, 0.05) is 12.7 Å². The molecule has 11 heteroatoms. The van der Waals surface area contributed by atoms with E-state index >= 15 is 0 Å². The Kier molecular flexibility index (Phi) is 4.59. The summed E-state index contributed by atoms with van der Waals surface area (Å²) in [5.74, 6) is 2.44. The molecule has 9 nitrogen and oxygen atoms in total. The highest BCUT2D eigenvalue weighted by molar-refractivity contribution is 6.38. The van der Waals surface area contributed by atoms with Crippen molar-refractivity contribution in [3.05, 3.63) is 48.9 Å². The number of likely N-dealkylation sites (N-methyl/N-ethyl adjacent to an activating group) is 1. The number of ether oxygens (including phenoxy) is 2. The van der Waals surface area contributed by atoms with Crippen LogP contribution in [0, 0.1) is 0 Å². The number of alkyl halides is 2. The number of hydrogen-bond donors (Lipinski definition) is 1. The highest BCUT2D eigenvalue weighted by atomic mass is 19.3. The van der Waals surface area contributed by atoms with Crippen LogP contribution in [0.15, 0.2) is 64.0 Å². The summed E-state index contributed by atoms with van der Waals surface area (Å²) in [6, 6.07) is 8.00. The van der Waals surface area contributed by atoms with Crippen LogP contribution >= 0.6 is 0 Å². The predicted molar refractivity (Wildman–Crippen MR) is 114 cm³/mol. The van der Waals surface area contributed by atoms with Crippen molar-refractivity contribution in [1.29, 1.82) is 0 Å². The van der Waals surface area contributed by atoms with Crippen LogP contribution in [0.2, 0.25) is 0 Å². The van der Waals surface area contributed by atoms with Gasteiger partial charge in [0.1, 0.15) is 18.6 Å². The van der Waals surface area contributed by atoms with Gasteiger partial charge in [-0.3, -0.25) is 4.99 Å². The molecule has 31 heavy (non-hydrogen) atoms. The van der Waals surface area contributed by atoms with E-state index in [9.17, 15) is 8.78 Å². The number of quaternary nitrogens is 1. The van der Waals surface area contributed by atoms with Gasteiger partial charge in [0.2, 0.25) is 0 Å². The van der Waals surface area contributed by atoms with Crippen molar-refractivity contribution >= 4 is 35.2 Å². The van der Waals surface area contributed by atoms with Crippen LogP contribution in [0.25, 0.3) is 0 Å². The molecule has 0 aliphatic carbocycles. The van der Waals surface area contributed by atoms with Crippen molar-refractivity contribution in [3.63, 3.8) is 0 Å². The predicted octanol–water partition coefficient (Wildman–Crippen LogP) is 3.17. The molecule has 0 amide bonds. The van der Waals surface area contributed by atoms with E-state index in [-0.39, 0.29) is 10.3 Å². The van der Waals surface area contributed by atoms with Gasteiger partial charge in [0.15, 0.2) is 23.5 Å². The highest BCUT2D eigenvalue weighted by Gasteiger charge is 2.44. The Morgan fingerprint density at radius 2 is 2.10 bits per heavy atom. The minimum absolute atomic E-state index is 0.0498. The second-order valence-electron chi connectivity index (χ2n) is 6.97. The largest absolute Gasteiger partial charge is 0.488 e. The molecule has 3 aliphatic rings. The summed E-state index contributed by atoms with van der Waals surface area (Å²) >= 11 is 0. The van der Waals surface area contributed by atoms with Crippen molar-refractivity contribution in [3.8, 4) is 11.5 Å². The van der Waals surface area contributed by atoms with E-state index in [0.29, 0.717) is 29.8 Å². The number of hydrogen-bond acceptors (Lipinski definition) is 8. The van der Waals surface area contributed by atoms with E-state index in [0.717, 1.165) is 18.1 Å². The lowest BCUT2D eigenvalue weighted by molar-refractivity contribution is -0.0498. The van der Waals surface area contributed by atoms with Crippen molar-refractivity contribution < 1.29 is 18.3 Å². The van der Waals surface area contributed by atoms with E-state index in [1.165, 1.54) is 12.1 Å². The maximum Gasteiger partial charge on any atom is 0.387 e. The molecule has 0 saturated heterocycles. The summed E-state index contributed by atoms with van der Waals surface area (Å²) in [7, 11) is 1.97. The lowest BCUT2D eigenvalue weighted by Gasteiger charge is -2.28. The minimum Gasteiger partial charge on any atom is -0.488 e. The van der Waals surface area contributed by atoms with Gasteiger partial charge < -0.3 is 19.7 Å². The first-order valence-corrected chi connectivity index (χ1v) is 9.49. The molecule has 1 unspecified atom stereocenters. The number of halogens is 2. The number of amidine groups is 1. The number of aliphatic imine (C=N–C) groups is 2. The fourth-order valence-corrected chi connectivity index (χ4v) is 3.46. The molecular weight excluding hydrogens is 408 g/mol. The summed E-state index contributed by atoms with van der Waals surface area (Å²) in [4.78, 5) is 15.3. The fourth-order valence-electron chi connectivity index (χ4n) is 3.46. The maximum absolute atomic E-state index is 12.3. The van der Waals surface area contributed by atoms with Gasteiger partial charge in [-0.2, -0.15) is 13.8 Å². The zero-order valence-corrected chi connectivity index (χ0v) is 16.4. The van der Waals surface area contributed by atoms with Crippen molar-refractivity contribution in [2.75, 3.05) is 30.4 Å². The Morgan fingerprint density at radius 1 is 1.26 bits per heavy atom. The number of fused-ring (bicyclic) bond motifs is 2. The molecule has 0 radical (unpaired) electrons. The number of nitrogens with zero attached hydrogens (tertiary/aromatic N) is 6. The van der Waals surface area contributed by atoms with E-state index in [4.69, 9.17) is 9.84 Å². The molecular formula is C20H18F2N7O2+. The second kappa shape index (κ2) is 7.43. The van der Waals surface area contributed by atoms with Gasteiger partial charge in [-0.05, 0) is 29.4 Å². The van der Waals surface area contributed by atoms with Crippen LogP contribution in [0.1, 0.15) is 0 Å². The van der Waals surface area contributed by atoms with Gasteiger partial charge in [-0.25, -0.2) is 4.98 Å². The number of guanidine groups is 1. The zero-order valence-electron chi connectivity index (χ0n) is 16.4. The molecule has 4 heterocycles. The summed E-state index contributed by atoms with van der Waals surface area (Å²) < 4.78 is 34.8. The van der Waals surface area contributed by atoms with Gasteiger partial charge in [0.25, 0.3) is 11.8 Å². The van der Waals surface area contributed by atoms with Crippen LogP contribution in [0.5, 0.6) is 11.5 Å². The van der Waals surface area contributed by atoms with Crippen LogP contribution < -0.4 is 24.3 Å². The summed E-state index contributed by atoms with van der Waals surface area (Å²) in [6.45, 7) is -1.52. The molecule has 1 atom stereocenters. The van der Waals surface area contributed by atoms with Crippen LogP contribution in [-0.2, 0) is 0 Å². The molecule has 158 valence electrons. The highest BCUT2D eigenvalue weighted by Crippen LogP contribution is 2.37. The van der Waals surface area contributed by atoms with E-state index in [1.807, 2.05) is 18.0 Å². The number of nitrogens with one attached hydrogen (secondary N) is 1. The van der Waals surface area contributed by atoms with E-state index in [2.05, 4.69) is 25.0 Å². The standard InChI is InChI=1S/C20H18F2N7O2/c1-28-7-9-30-16-10-14(11-24-18(16)28)29-8-6-23-12-17(29)26-20(27-29)25-13-2-4-15(5-3-13)31-19(21)22/h2-6,8,10-12,19H,7,9H2,1H3,(H,25,27)/q+1. The second-order valence-corrected chi connectivity index (χ2v) is 6.97. The number of rotatable bonds is 4. The molecule has 0 bridgehead atoms. The third-order valence-electron chi connectivity index (χ3n) is 4.97. The monoisotopic (exact) mass is 426 g/mol. The zero-order chi connectivity index (χ0) is 21.4. The van der Waals surface area contributed by atoms with E-state index < -0.39 is 6.61 Å². The summed E-state index contributed by atoms with van der Waals surface area (Å²) in [5.41, 5.74) is 1.37. The van der Waals surface area contributed by atoms with Crippen LogP contribution in [-0.4, -0.2) is 49.8 Å². The Labute approximate surface area is 176 Å². The molecule has 0 spiro atoms. The molecule has 5 rings (SSSR count). The lowest BCUT2D eigenvalue weighted by atomic mass is 10.2. The van der Waals surface area contributed by atoms with Crippen molar-refractivity contribution in [2.24, 2.45) is 15.1 Å². The Bertz CT molecular complexity index is 1130. The molecule has 2 aromatic rings. The third kappa shape index (κ3) is 3.48. The Balaban J connectivity index is 1.45. The molecule has 1 aromatic carbocycles. The number of aromatic nitrogens is 1. The van der Waals surface area contributed by atoms with Crippen LogP contribution in [0.4, 0.5) is 26.0 Å². The normalized spacial score (nSPS) is 21.2. The van der Waals surface area contributed by atoms with Gasteiger partial charge >= 0.3 is 6.61 Å². The van der Waals surface area contributed by atoms with Gasteiger partial charge in [-0.1, -0.05) is 4.59 Å². The number of pyridine rings is 1. The first-order chi connectivity index (χ1) is 15.0. The van der Waals surface area contributed by atoms with Crippen molar-refractivity contribution in [1.82, 2.24) is 9.58 Å². The quantitative estimate of drug-likeness (QED) is 0.760. The van der Waals surface area contributed by atoms with Gasteiger partial charge in [-0.15, -0.1) is 0 Å². The molecule has 0 saturated carbocycles.